The first kappa shape index (κ1) is 13.0. The zero-order chi connectivity index (χ0) is 9.28. The zero-order valence-corrected chi connectivity index (χ0v) is 8.61. The Morgan fingerprint density at radius 3 is 2.18 bits per heavy atom. The maximum Gasteiger partial charge on any atom is 0.0784 e. The average Bonchev–Trinajstić information content (AvgIpc) is 2.03. The van der Waals surface area contributed by atoms with Crippen LogP contribution >= 0.6 is 12.2 Å². The second kappa shape index (κ2) is 9.37. The quantitative estimate of drug-likeness (QED) is 0.464. The van der Waals surface area contributed by atoms with Gasteiger partial charge in [0.15, 0.2) is 0 Å². The predicted octanol–water partition coefficient (Wildman–Crippen LogP) is 2.99. The second-order valence-electron chi connectivity index (χ2n) is 1.71. The lowest BCUT2D eigenvalue weighted by molar-refractivity contribution is 0.698. The van der Waals surface area contributed by atoms with Crippen LogP contribution in [-0.4, -0.2) is 16.9 Å². The molecule has 0 aliphatic heterocycles. The summed E-state index contributed by atoms with van der Waals surface area (Å²) in [5.41, 5.74) is 0. The van der Waals surface area contributed by atoms with Crippen LogP contribution in [0.1, 0.15) is 20.8 Å². The van der Waals surface area contributed by atoms with Crippen LogP contribution in [0.5, 0.6) is 0 Å². The molecule has 0 aromatic heterocycles. The summed E-state index contributed by atoms with van der Waals surface area (Å²) in [7, 11) is 1.91. The van der Waals surface area contributed by atoms with E-state index in [4.69, 9.17) is 12.2 Å². The van der Waals surface area contributed by atoms with Gasteiger partial charge < -0.3 is 4.90 Å². The van der Waals surface area contributed by atoms with E-state index in [-0.39, 0.29) is 0 Å². The van der Waals surface area contributed by atoms with E-state index >= 15 is 0 Å². The van der Waals surface area contributed by atoms with Crippen molar-refractivity contribution in [1.29, 1.82) is 0 Å². The Morgan fingerprint density at radius 1 is 1.45 bits per heavy atom. The molecule has 2 heteroatoms. The van der Waals surface area contributed by atoms with Crippen molar-refractivity contribution < 1.29 is 0 Å². The molecule has 0 atom stereocenters. The molecular weight excluding hydrogens is 154 g/mol. The van der Waals surface area contributed by atoms with Crippen LogP contribution in [0.4, 0.5) is 0 Å². The first-order valence-corrected chi connectivity index (χ1v) is 4.12. The minimum Gasteiger partial charge on any atom is -0.346 e. The van der Waals surface area contributed by atoms with Gasteiger partial charge in [-0.05, 0) is 13.0 Å². The summed E-state index contributed by atoms with van der Waals surface area (Å²) in [5.74, 6) is 0. The molecule has 0 aliphatic carbocycles. The Hall–Kier alpha value is -0.630. The number of hydrogen-bond donors (Lipinski definition) is 0. The van der Waals surface area contributed by atoms with Gasteiger partial charge in [0.1, 0.15) is 0 Å². The third-order valence-corrected chi connectivity index (χ3v) is 1.23. The SMILES string of the molecule is C=C/C=C\N(C)C(C)=S.CC. The lowest BCUT2D eigenvalue weighted by Crippen LogP contribution is -2.14. The molecule has 0 unspecified atom stereocenters. The normalized spacial score (nSPS) is 8.36. The summed E-state index contributed by atoms with van der Waals surface area (Å²) < 4.78 is 0. The van der Waals surface area contributed by atoms with Crippen LogP contribution in [-0.2, 0) is 0 Å². The van der Waals surface area contributed by atoms with Gasteiger partial charge in [0.2, 0.25) is 0 Å². The van der Waals surface area contributed by atoms with Crippen molar-refractivity contribution in [1.82, 2.24) is 4.90 Å². The predicted molar refractivity (Wildman–Crippen MR) is 56.7 cm³/mol. The molecule has 0 aliphatic rings. The lowest BCUT2D eigenvalue weighted by atomic mass is 10.5. The van der Waals surface area contributed by atoms with Crippen LogP contribution in [0, 0.1) is 0 Å². The average molecular weight is 171 g/mol. The van der Waals surface area contributed by atoms with E-state index in [0.717, 1.165) is 4.99 Å². The van der Waals surface area contributed by atoms with Gasteiger partial charge >= 0.3 is 0 Å². The van der Waals surface area contributed by atoms with Crippen LogP contribution in [0.15, 0.2) is 24.9 Å². The van der Waals surface area contributed by atoms with E-state index in [9.17, 15) is 0 Å². The molecule has 0 saturated heterocycles. The molecule has 0 amide bonds. The van der Waals surface area contributed by atoms with Crippen molar-refractivity contribution in [3.05, 3.63) is 24.9 Å². The fraction of sp³-hybridized carbons (Fsp3) is 0.444. The first-order valence-electron chi connectivity index (χ1n) is 3.71. The van der Waals surface area contributed by atoms with Crippen LogP contribution in [0.25, 0.3) is 0 Å². The summed E-state index contributed by atoms with van der Waals surface area (Å²) in [6, 6.07) is 0. The smallest absolute Gasteiger partial charge is 0.0784 e. The number of allylic oxidation sites excluding steroid dienone is 2. The highest BCUT2D eigenvalue weighted by Gasteiger charge is 1.87. The molecular formula is C9H17NS. The molecule has 0 rings (SSSR count). The van der Waals surface area contributed by atoms with Crippen molar-refractivity contribution >= 4 is 17.2 Å². The van der Waals surface area contributed by atoms with Crippen molar-refractivity contribution in [2.75, 3.05) is 7.05 Å². The summed E-state index contributed by atoms with van der Waals surface area (Å²) >= 11 is 4.87. The molecule has 0 aromatic rings. The Bertz CT molecular complexity index is 138. The van der Waals surface area contributed by atoms with E-state index in [0.29, 0.717) is 0 Å². The van der Waals surface area contributed by atoms with Gasteiger partial charge in [0.05, 0.1) is 4.99 Å². The zero-order valence-electron chi connectivity index (χ0n) is 7.79. The Labute approximate surface area is 75.4 Å². The molecule has 0 spiro atoms. The maximum absolute atomic E-state index is 4.87. The molecule has 0 bridgehead atoms. The van der Waals surface area contributed by atoms with E-state index in [2.05, 4.69) is 6.58 Å². The maximum atomic E-state index is 4.87. The monoisotopic (exact) mass is 171 g/mol. The summed E-state index contributed by atoms with van der Waals surface area (Å²) in [6.45, 7) is 9.41. The van der Waals surface area contributed by atoms with Crippen molar-refractivity contribution in [2.45, 2.75) is 20.8 Å². The van der Waals surface area contributed by atoms with E-state index in [1.54, 1.807) is 6.08 Å². The van der Waals surface area contributed by atoms with E-state index in [1.807, 2.05) is 45.0 Å². The van der Waals surface area contributed by atoms with Crippen LogP contribution < -0.4 is 0 Å². The fourth-order valence-corrected chi connectivity index (χ4v) is 0.356. The fourth-order valence-electron chi connectivity index (χ4n) is 0.295. The second-order valence-corrected chi connectivity index (χ2v) is 2.30. The molecule has 1 nitrogen and oxygen atoms in total. The van der Waals surface area contributed by atoms with E-state index < -0.39 is 0 Å². The van der Waals surface area contributed by atoms with Gasteiger partial charge in [0.25, 0.3) is 0 Å². The number of rotatable bonds is 2. The third kappa shape index (κ3) is 9.37. The number of thiocarbonyl (C=S) groups is 1. The van der Waals surface area contributed by atoms with Gasteiger partial charge in [-0.2, -0.15) is 0 Å². The summed E-state index contributed by atoms with van der Waals surface area (Å²) in [6.07, 6.45) is 5.43. The molecule has 64 valence electrons. The van der Waals surface area contributed by atoms with Crippen molar-refractivity contribution in [3.8, 4) is 0 Å². The standard InChI is InChI=1S/C7H11NS.C2H6/c1-4-5-6-8(3)7(2)9;1-2/h4-6H,1H2,2-3H3;1-2H3/b6-5-;. The van der Waals surface area contributed by atoms with Gasteiger partial charge in [-0.1, -0.05) is 38.7 Å². The van der Waals surface area contributed by atoms with Gasteiger partial charge in [-0.15, -0.1) is 0 Å². The molecule has 11 heavy (non-hydrogen) atoms. The summed E-state index contributed by atoms with van der Waals surface area (Å²) in [5, 5.41) is 0. The molecule has 0 radical (unpaired) electrons. The van der Waals surface area contributed by atoms with Gasteiger partial charge in [0, 0.05) is 13.2 Å². The number of nitrogens with zero attached hydrogens (tertiary/aromatic N) is 1. The highest BCUT2D eigenvalue weighted by molar-refractivity contribution is 7.80. The minimum absolute atomic E-state index is 0.855. The van der Waals surface area contributed by atoms with Crippen LogP contribution in [0.2, 0.25) is 0 Å². The number of hydrogen-bond acceptors (Lipinski definition) is 1. The topological polar surface area (TPSA) is 3.24 Å². The first-order chi connectivity index (χ1) is 5.18. The highest BCUT2D eigenvalue weighted by Crippen LogP contribution is 1.87. The van der Waals surface area contributed by atoms with Gasteiger partial charge in [-0.25, -0.2) is 0 Å². The van der Waals surface area contributed by atoms with Crippen molar-refractivity contribution in [2.24, 2.45) is 0 Å². The Kier molecular flexibility index (Phi) is 11.1. The summed E-state index contributed by atoms with van der Waals surface area (Å²) in [4.78, 5) is 2.71. The van der Waals surface area contributed by atoms with Crippen molar-refractivity contribution in [3.63, 3.8) is 0 Å². The molecule has 0 saturated carbocycles. The molecule has 0 aromatic carbocycles. The van der Waals surface area contributed by atoms with Crippen LogP contribution in [0.3, 0.4) is 0 Å². The Balaban J connectivity index is 0. The van der Waals surface area contributed by atoms with E-state index in [1.165, 1.54) is 0 Å². The molecule has 0 N–H and O–H groups in total. The Morgan fingerprint density at radius 2 is 1.91 bits per heavy atom. The molecule has 0 heterocycles. The largest absolute Gasteiger partial charge is 0.346 e. The molecule has 0 fully saturated rings. The third-order valence-electron chi connectivity index (χ3n) is 0.942. The minimum atomic E-state index is 0.855. The highest BCUT2D eigenvalue weighted by atomic mass is 32.1. The lowest BCUT2D eigenvalue weighted by Gasteiger charge is -2.09. The van der Waals surface area contributed by atoms with Gasteiger partial charge in [-0.3, -0.25) is 0 Å².